The predicted octanol–water partition coefficient (Wildman–Crippen LogP) is 10.4. The number of aryl methyl sites for hydroxylation is 1. The molecule has 4 heterocycles. The van der Waals surface area contributed by atoms with Crippen molar-refractivity contribution in [2.45, 2.75) is 110 Å². The number of benzene rings is 5. The first kappa shape index (κ1) is 59.4. The van der Waals surface area contributed by atoms with E-state index in [1.165, 1.54) is 23.3 Å². The van der Waals surface area contributed by atoms with Gasteiger partial charge in [0.15, 0.2) is 0 Å². The first-order valence-electron chi connectivity index (χ1n) is 27.7. The molecule has 0 aliphatic carbocycles. The lowest BCUT2D eigenvalue weighted by molar-refractivity contribution is -0.127. The number of phenolic OH excluding ortho intramolecular Hbond substituents is 2. The Morgan fingerprint density at radius 2 is 1.11 bits per heavy atom. The molecular weight excluding hydrogens is 1040 g/mol. The summed E-state index contributed by atoms with van der Waals surface area (Å²) in [4.78, 5) is 58.4. The van der Waals surface area contributed by atoms with Gasteiger partial charge in [-0.3, -0.25) is 33.8 Å². The zero-order valence-corrected chi connectivity index (χ0v) is 47.8. The minimum absolute atomic E-state index is 0.0570. The van der Waals surface area contributed by atoms with E-state index in [1.807, 2.05) is 51.8 Å². The van der Waals surface area contributed by atoms with Gasteiger partial charge in [-0.05, 0) is 143 Å². The Hall–Kier alpha value is -9.70. The number of nitrogens with one attached hydrogen (secondary N) is 2. The lowest BCUT2D eigenvalue weighted by Crippen LogP contribution is -2.45. The van der Waals surface area contributed by atoms with Gasteiger partial charge in [0.25, 0.3) is 5.91 Å². The van der Waals surface area contributed by atoms with E-state index in [1.54, 1.807) is 73.3 Å². The number of rotatable bonds is 20. The molecule has 16 heteroatoms. The fourth-order valence-corrected chi connectivity index (χ4v) is 9.40. The Balaban J connectivity index is 0.000000217. The van der Waals surface area contributed by atoms with Crippen LogP contribution in [0.5, 0.6) is 11.5 Å². The van der Waals surface area contributed by atoms with Crippen molar-refractivity contribution in [1.29, 1.82) is 0 Å². The van der Waals surface area contributed by atoms with Gasteiger partial charge < -0.3 is 32.3 Å². The number of unbranched alkanes of at least 4 members (excludes halogenated alkanes) is 1. The van der Waals surface area contributed by atoms with Crippen molar-refractivity contribution in [2.75, 3.05) is 0 Å². The molecule has 0 bridgehead atoms. The highest BCUT2D eigenvalue weighted by Gasteiger charge is 2.23. The first-order chi connectivity index (χ1) is 39.7. The van der Waals surface area contributed by atoms with Gasteiger partial charge in [0.2, 0.25) is 17.7 Å². The molecule has 9 rings (SSSR count). The van der Waals surface area contributed by atoms with Gasteiger partial charge in [-0.1, -0.05) is 114 Å². The van der Waals surface area contributed by atoms with Gasteiger partial charge in [0.05, 0.1) is 29.3 Å². The van der Waals surface area contributed by atoms with Crippen molar-refractivity contribution in [1.82, 2.24) is 40.2 Å². The molecule has 8 N–H and O–H groups in total. The van der Waals surface area contributed by atoms with E-state index in [0.29, 0.717) is 18.5 Å². The number of carbonyl (C=O) groups excluding carboxylic acids is 4. The second-order valence-corrected chi connectivity index (χ2v) is 22.7. The van der Waals surface area contributed by atoms with Crippen molar-refractivity contribution >= 4 is 23.6 Å². The largest absolute Gasteiger partial charge is 0.508 e. The molecule has 16 nitrogen and oxygen atoms in total. The van der Waals surface area contributed by atoms with Crippen molar-refractivity contribution in [3.8, 4) is 51.0 Å². The molecule has 0 saturated carbocycles. The number of pyridine rings is 2. The topological polar surface area (TPSA) is 246 Å². The summed E-state index contributed by atoms with van der Waals surface area (Å²) >= 11 is 0. The number of hydrogen-bond donors (Lipinski definition) is 6. The molecule has 0 radical (unpaired) electrons. The van der Waals surface area contributed by atoms with E-state index in [-0.39, 0.29) is 47.5 Å². The summed E-state index contributed by atoms with van der Waals surface area (Å²) in [6, 6.07) is 47.3. The van der Waals surface area contributed by atoms with Gasteiger partial charge >= 0.3 is 0 Å². The van der Waals surface area contributed by atoms with Crippen LogP contribution in [-0.4, -0.2) is 75.5 Å². The van der Waals surface area contributed by atoms with Crippen LogP contribution >= 0.6 is 0 Å². The highest BCUT2D eigenvalue weighted by molar-refractivity contribution is 5.98. The van der Waals surface area contributed by atoms with Crippen LogP contribution in [0.4, 0.5) is 0 Å². The molecule has 9 aromatic rings. The number of carbonyl (C=O) groups is 4. The van der Waals surface area contributed by atoms with Gasteiger partial charge in [-0.15, -0.1) is 0 Å². The number of aromatic nitrogens is 6. The molecule has 4 amide bonds. The average molecular weight is 1110 g/mol. The van der Waals surface area contributed by atoms with Crippen LogP contribution in [0.25, 0.3) is 39.5 Å². The van der Waals surface area contributed by atoms with Crippen LogP contribution in [0.15, 0.2) is 183 Å². The standard InChI is InChI=1S/C35H35N5O3.C32H37N5O3/c1-35(2,3)28-13-9-24(10-14-28)22-40-32(20-30(39-40)27-8-5-17-37-21-27)25-6-4-7-26(19-25)34(43)38-31(33(36)42)18-23-11-15-29(41)16-12-23;1-32(2,3)24-10-12-25(13-11-24)37-26(21-28(36-37)23-16-18-34-19-17-23)6-4-5-7-30(39)35-29(31(33)40)20-22-8-14-27(38)15-9-22/h4-17,19-21,31,41H,18,22H2,1-3H3,(H2,36,42)(H,38,43);8-19,21,29,38H,4-7,20H2,1-3H3,(H2,33,40)(H,35,39)/t31-;29-/m00/s1. The number of phenols is 2. The summed E-state index contributed by atoms with van der Waals surface area (Å²) in [5, 5.41) is 34.4. The molecule has 83 heavy (non-hydrogen) atoms. The smallest absolute Gasteiger partial charge is 0.251 e. The number of nitrogens with zero attached hydrogens (tertiary/aromatic N) is 6. The fourth-order valence-electron chi connectivity index (χ4n) is 9.40. The van der Waals surface area contributed by atoms with E-state index in [9.17, 15) is 29.4 Å². The maximum absolute atomic E-state index is 13.3. The molecule has 0 aliphatic heterocycles. The second-order valence-electron chi connectivity index (χ2n) is 22.7. The molecule has 0 spiro atoms. The molecule has 4 aromatic heterocycles. The molecule has 0 saturated heterocycles. The number of amides is 4. The second kappa shape index (κ2) is 26.7. The van der Waals surface area contributed by atoms with Crippen molar-refractivity contribution in [2.24, 2.45) is 11.5 Å². The van der Waals surface area contributed by atoms with E-state index < -0.39 is 29.8 Å². The molecular formula is C67H72N10O6. The fraction of sp³-hybridized carbons (Fsp3) is 0.254. The first-order valence-corrected chi connectivity index (χ1v) is 27.7. The van der Waals surface area contributed by atoms with Crippen LogP contribution in [0, 0.1) is 0 Å². The Morgan fingerprint density at radius 3 is 1.67 bits per heavy atom. The molecule has 426 valence electrons. The summed E-state index contributed by atoms with van der Waals surface area (Å²) < 4.78 is 3.91. The number of hydrogen-bond acceptors (Lipinski definition) is 10. The van der Waals surface area contributed by atoms with Gasteiger partial charge in [-0.25, -0.2) is 4.68 Å². The zero-order chi connectivity index (χ0) is 59.3. The quantitative estimate of drug-likeness (QED) is 0.0394. The van der Waals surface area contributed by atoms with Gasteiger partial charge in [0, 0.05) is 72.0 Å². The van der Waals surface area contributed by atoms with Crippen molar-refractivity contribution in [3.63, 3.8) is 0 Å². The summed E-state index contributed by atoms with van der Waals surface area (Å²) in [7, 11) is 0. The maximum Gasteiger partial charge on any atom is 0.251 e. The SMILES string of the molecule is CC(C)(C)c1ccc(-n2nc(-c3ccncc3)cc2CCCCC(=O)N[C@@H](Cc2ccc(O)cc2)C(N)=O)cc1.CC(C)(C)c1ccc(Cn2nc(-c3cccnc3)cc2-c2cccc(C(=O)N[C@@H](Cc3ccc(O)cc3)C(N)=O)c2)cc1. The minimum Gasteiger partial charge on any atom is -0.508 e. The third-order valence-corrected chi connectivity index (χ3v) is 14.2. The lowest BCUT2D eigenvalue weighted by Gasteiger charge is -2.19. The van der Waals surface area contributed by atoms with Crippen molar-refractivity contribution in [3.05, 3.63) is 222 Å². The van der Waals surface area contributed by atoms with Crippen LogP contribution in [-0.2, 0) is 51.0 Å². The summed E-state index contributed by atoms with van der Waals surface area (Å²) in [6.45, 7) is 13.7. The van der Waals surface area contributed by atoms with Gasteiger partial charge in [0.1, 0.15) is 23.6 Å². The molecule has 2 atom stereocenters. The zero-order valence-electron chi connectivity index (χ0n) is 47.8. The minimum atomic E-state index is -0.917. The Bertz CT molecular complexity index is 3620. The van der Waals surface area contributed by atoms with Crippen LogP contribution in [0.1, 0.15) is 105 Å². The van der Waals surface area contributed by atoms with Crippen LogP contribution in [0.2, 0.25) is 0 Å². The normalized spacial score (nSPS) is 12.1. The number of primary amides is 2. The highest BCUT2D eigenvalue weighted by Crippen LogP contribution is 2.30. The Morgan fingerprint density at radius 1 is 0.554 bits per heavy atom. The summed E-state index contributed by atoms with van der Waals surface area (Å²) in [5.74, 6) is -1.61. The summed E-state index contributed by atoms with van der Waals surface area (Å²) in [5.41, 5.74) is 24.0. The third-order valence-electron chi connectivity index (χ3n) is 14.2. The van der Waals surface area contributed by atoms with Gasteiger partial charge in [-0.2, -0.15) is 10.2 Å². The molecule has 0 fully saturated rings. The Kier molecular flexibility index (Phi) is 19.1. The average Bonchev–Trinajstić information content (AvgIpc) is 4.24. The highest BCUT2D eigenvalue weighted by atomic mass is 16.3. The predicted molar refractivity (Wildman–Crippen MR) is 323 cm³/mol. The third kappa shape index (κ3) is 16.5. The molecule has 0 unspecified atom stereocenters. The monoisotopic (exact) mass is 1110 g/mol. The Labute approximate surface area is 484 Å². The number of nitrogens with two attached hydrogens (primary N) is 2. The molecule has 5 aromatic carbocycles. The van der Waals surface area contributed by atoms with E-state index >= 15 is 0 Å². The number of aromatic hydroxyl groups is 2. The van der Waals surface area contributed by atoms with Crippen LogP contribution < -0.4 is 22.1 Å². The maximum atomic E-state index is 13.3. The van der Waals surface area contributed by atoms with E-state index in [2.05, 4.69) is 117 Å². The van der Waals surface area contributed by atoms with Crippen LogP contribution in [0.3, 0.4) is 0 Å². The van der Waals surface area contributed by atoms with E-state index in [0.717, 1.165) is 74.7 Å². The summed E-state index contributed by atoms with van der Waals surface area (Å²) in [6.07, 6.45) is 9.92. The molecule has 0 aliphatic rings. The van der Waals surface area contributed by atoms with E-state index in [4.69, 9.17) is 21.7 Å². The lowest BCUT2D eigenvalue weighted by atomic mass is 9.87. The van der Waals surface area contributed by atoms with Crippen molar-refractivity contribution < 1.29 is 29.4 Å².